The molecule has 0 aliphatic carbocycles. The lowest BCUT2D eigenvalue weighted by molar-refractivity contribution is 0.934. The van der Waals surface area contributed by atoms with Crippen LogP contribution in [0.3, 0.4) is 0 Å². The van der Waals surface area contributed by atoms with Crippen LogP contribution in [0.1, 0.15) is 27.8 Å². The molecular weight excluding hydrogens is 374 g/mol. The quantitative estimate of drug-likeness (QED) is 0.347. The van der Waals surface area contributed by atoms with Crippen molar-refractivity contribution in [1.29, 1.82) is 0 Å². The third kappa shape index (κ3) is 3.80. The second-order valence-electron chi connectivity index (χ2n) is 8.32. The van der Waals surface area contributed by atoms with E-state index in [9.17, 15) is 0 Å². The van der Waals surface area contributed by atoms with Crippen LogP contribution in [-0.2, 0) is 12.8 Å². The van der Waals surface area contributed by atoms with Gasteiger partial charge in [-0.3, -0.25) is 0 Å². The van der Waals surface area contributed by atoms with Gasteiger partial charge >= 0.3 is 0 Å². The van der Waals surface area contributed by atoms with Gasteiger partial charge in [0, 0.05) is 23.5 Å². The van der Waals surface area contributed by atoms with Crippen LogP contribution in [0.2, 0.25) is 0 Å². The Morgan fingerprint density at radius 1 is 0.774 bits per heavy atom. The van der Waals surface area contributed by atoms with Crippen LogP contribution in [0, 0.1) is 6.92 Å². The van der Waals surface area contributed by atoms with E-state index in [-0.39, 0.29) is 0 Å². The topological polar surface area (TPSA) is 3.24 Å². The Kier molecular flexibility index (Phi) is 5.18. The molecule has 0 saturated heterocycles. The van der Waals surface area contributed by atoms with Gasteiger partial charge in [0.15, 0.2) is 0 Å². The molecule has 0 radical (unpaired) electrons. The molecule has 4 aromatic rings. The van der Waals surface area contributed by atoms with Crippen molar-refractivity contribution in [3.05, 3.63) is 131 Å². The lowest BCUT2D eigenvalue weighted by Crippen LogP contribution is -2.23. The Labute approximate surface area is 185 Å². The van der Waals surface area contributed by atoms with Gasteiger partial charge in [0.2, 0.25) is 0 Å². The fourth-order valence-electron chi connectivity index (χ4n) is 4.57. The van der Waals surface area contributed by atoms with Crippen molar-refractivity contribution in [2.45, 2.75) is 19.8 Å². The van der Waals surface area contributed by atoms with E-state index in [1.165, 1.54) is 44.6 Å². The SMILES string of the molecule is C=C(c1ccc(Cc2ccccc2C)cc1)N1CCc2ccccc2-c2ccccc21. The Morgan fingerprint density at radius 2 is 1.45 bits per heavy atom. The average molecular weight is 402 g/mol. The highest BCUT2D eigenvalue weighted by atomic mass is 15.1. The average Bonchev–Trinajstić information content (AvgIpc) is 2.98. The molecule has 0 amide bonds. The summed E-state index contributed by atoms with van der Waals surface area (Å²) in [6.45, 7) is 7.61. The van der Waals surface area contributed by atoms with Gasteiger partial charge in [0.05, 0.1) is 0 Å². The van der Waals surface area contributed by atoms with Crippen molar-refractivity contribution in [2.24, 2.45) is 0 Å². The van der Waals surface area contributed by atoms with E-state index in [0.717, 1.165) is 25.1 Å². The van der Waals surface area contributed by atoms with Gasteiger partial charge in [-0.05, 0) is 59.2 Å². The van der Waals surface area contributed by atoms with Gasteiger partial charge < -0.3 is 4.90 Å². The predicted octanol–water partition coefficient (Wildman–Crippen LogP) is 7.29. The van der Waals surface area contributed by atoms with Crippen LogP contribution in [-0.4, -0.2) is 6.54 Å². The van der Waals surface area contributed by atoms with Crippen molar-refractivity contribution in [1.82, 2.24) is 0 Å². The molecule has 1 aliphatic rings. The lowest BCUT2D eigenvalue weighted by atomic mass is 9.98. The largest absolute Gasteiger partial charge is 0.341 e. The molecule has 1 nitrogen and oxygen atoms in total. The molecule has 0 fully saturated rings. The number of fused-ring (bicyclic) bond motifs is 3. The van der Waals surface area contributed by atoms with E-state index in [0.29, 0.717) is 0 Å². The molecule has 1 heterocycles. The number of anilines is 1. The lowest BCUT2D eigenvalue weighted by Gasteiger charge is -2.27. The van der Waals surface area contributed by atoms with Crippen LogP contribution in [0.25, 0.3) is 16.8 Å². The summed E-state index contributed by atoms with van der Waals surface area (Å²) >= 11 is 0. The Hall–Kier alpha value is -3.58. The van der Waals surface area contributed by atoms with Crippen molar-refractivity contribution in [3.63, 3.8) is 0 Å². The number of nitrogens with zero attached hydrogens (tertiary/aromatic N) is 1. The number of benzene rings is 4. The fourth-order valence-corrected chi connectivity index (χ4v) is 4.57. The number of hydrogen-bond donors (Lipinski definition) is 0. The van der Waals surface area contributed by atoms with Gasteiger partial charge in [-0.25, -0.2) is 0 Å². The highest BCUT2D eigenvalue weighted by Crippen LogP contribution is 2.39. The fraction of sp³-hybridized carbons (Fsp3) is 0.133. The summed E-state index contributed by atoms with van der Waals surface area (Å²) in [7, 11) is 0. The second kappa shape index (κ2) is 8.28. The van der Waals surface area contributed by atoms with Gasteiger partial charge in [-0.2, -0.15) is 0 Å². The molecule has 0 atom stereocenters. The summed E-state index contributed by atoms with van der Waals surface area (Å²) in [6, 6.07) is 35.0. The first-order valence-electron chi connectivity index (χ1n) is 11.0. The molecule has 0 N–H and O–H groups in total. The molecule has 0 aromatic heterocycles. The highest BCUT2D eigenvalue weighted by molar-refractivity contribution is 5.89. The normalized spacial score (nSPS) is 12.6. The minimum absolute atomic E-state index is 0.928. The Bertz CT molecular complexity index is 1230. The summed E-state index contributed by atoms with van der Waals surface area (Å²) in [5, 5.41) is 0. The zero-order valence-electron chi connectivity index (χ0n) is 18.0. The maximum atomic E-state index is 4.51. The standard InChI is InChI=1S/C30H27N/c1-22-9-3-4-11-27(22)21-24-15-17-25(18-16-24)23(2)31-20-19-26-10-5-6-12-28(26)29-13-7-8-14-30(29)31/h3-18H,2,19-21H2,1H3. The molecule has 0 bridgehead atoms. The number of aryl methyl sites for hydroxylation is 1. The Morgan fingerprint density at radius 3 is 2.26 bits per heavy atom. The highest BCUT2D eigenvalue weighted by Gasteiger charge is 2.21. The smallest absolute Gasteiger partial charge is 0.0490 e. The third-order valence-corrected chi connectivity index (χ3v) is 6.38. The maximum Gasteiger partial charge on any atom is 0.0490 e. The summed E-state index contributed by atoms with van der Waals surface area (Å²) < 4.78 is 0. The van der Waals surface area contributed by atoms with Crippen molar-refractivity contribution < 1.29 is 0 Å². The minimum Gasteiger partial charge on any atom is -0.341 e. The number of hydrogen-bond acceptors (Lipinski definition) is 1. The molecule has 4 aromatic carbocycles. The molecule has 0 unspecified atom stereocenters. The predicted molar refractivity (Wildman–Crippen MR) is 132 cm³/mol. The van der Waals surface area contributed by atoms with Crippen LogP contribution in [0.5, 0.6) is 0 Å². The summed E-state index contributed by atoms with van der Waals surface area (Å²) in [6.07, 6.45) is 1.97. The van der Waals surface area contributed by atoms with Crippen molar-refractivity contribution in [3.8, 4) is 11.1 Å². The van der Waals surface area contributed by atoms with Gasteiger partial charge in [-0.15, -0.1) is 0 Å². The molecule has 152 valence electrons. The van der Waals surface area contributed by atoms with Gasteiger partial charge in [0.1, 0.15) is 0 Å². The molecule has 1 aliphatic heterocycles. The summed E-state index contributed by atoms with van der Waals surface area (Å²) in [5.74, 6) is 0. The minimum atomic E-state index is 0.928. The van der Waals surface area contributed by atoms with Crippen LogP contribution in [0.4, 0.5) is 5.69 Å². The molecule has 31 heavy (non-hydrogen) atoms. The van der Waals surface area contributed by atoms with Crippen LogP contribution >= 0.6 is 0 Å². The van der Waals surface area contributed by atoms with Gasteiger partial charge in [0.25, 0.3) is 0 Å². The van der Waals surface area contributed by atoms with E-state index in [4.69, 9.17) is 0 Å². The van der Waals surface area contributed by atoms with E-state index in [1.54, 1.807) is 0 Å². The number of para-hydroxylation sites is 1. The van der Waals surface area contributed by atoms with E-state index >= 15 is 0 Å². The molecular formula is C30H27N. The number of rotatable bonds is 4. The van der Waals surface area contributed by atoms with E-state index < -0.39 is 0 Å². The summed E-state index contributed by atoms with van der Waals surface area (Å²) in [5.41, 5.74) is 11.5. The third-order valence-electron chi connectivity index (χ3n) is 6.38. The maximum absolute atomic E-state index is 4.51. The zero-order valence-corrected chi connectivity index (χ0v) is 18.0. The summed E-state index contributed by atoms with van der Waals surface area (Å²) in [4.78, 5) is 2.38. The molecule has 0 spiro atoms. The molecule has 1 heteroatoms. The first-order chi connectivity index (χ1) is 15.2. The van der Waals surface area contributed by atoms with Crippen LogP contribution < -0.4 is 4.90 Å². The Balaban J connectivity index is 1.43. The van der Waals surface area contributed by atoms with Crippen LogP contribution in [0.15, 0.2) is 104 Å². The second-order valence-corrected chi connectivity index (χ2v) is 8.32. The first-order valence-corrected chi connectivity index (χ1v) is 11.0. The van der Waals surface area contributed by atoms with Crippen molar-refractivity contribution >= 4 is 11.4 Å². The van der Waals surface area contributed by atoms with E-state index in [1.807, 2.05) is 0 Å². The monoisotopic (exact) mass is 401 g/mol. The van der Waals surface area contributed by atoms with Gasteiger partial charge in [-0.1, -0.05) is 97.6 Å². The van der Waals surface area contributed by atoms with Crippen molar-refractivity contribution in [2.75, 3.05) is 11.4 Å². The first kappa shape index (κ1) is 19.4. The zero-order chi connectivity index (χ0) is 21.2. The molecule has 0 saturated carbocycles. The molecule has 5 rings (SSSR count). The van der Waals surface area contributed by atoms with E-state index in [2.05, 4.69) is 115 Å².